The second-order valence-electron chi connectivity index (χ2n) is 7.67. The van der Waals surface area contributed by atoms with Crippen LogP contribution >= 0.6 is 23.2 Å². The molecule has 0 fully saturated rings. The summed E-state index contributed by atoms with van der Waals surface area (Å²) in [6.45, 7) is 4.58. The molecular weight excluding hydrogens is 451 g/mol. The fourth-order valence-electron chi connectivity index (χ4n) is 3.00. The number of anilines is 1. The van der Waals surface area contributed by atoms with Gasteiger partial charge in [-0.25, -0.2) is 13.8 Å². The summed E-state index contributed by atoms with van der Waals surface area (Å²) in [7, 11) is 0. The minimum absolute atomic E-state index is 0.0464. The van der Waals surface area contributed by atoms with Crippen molar-refractivity contribution in [3.05, 3.63) is 57.8 Å². The van der Waals surface area contributed by atoms with Crippen LogP contribution in [0.2, 0.25) is 10.0 Å². The van der Waals surface area contributed by atoms with Crippen LogP contribution in [0.15, 0.2) is 36.4 Å². The number of hydrogen-bond donors (Lipinski definition) is 1. The molecule has 3 rings (SSSR count). The third kappa shape index (κ3) is 5.14. The number of imidazole rings is 1. The number of alkyl halides is 2. The number of amides is 1. The van der Waals surface area contributed by atoms with Gasteiger partial charge in [0.2, 0.25) is 0 Å². The average Bonchev–Trinajstić information content (AvgIpc) is 3.00. The van der Waals surface area contributed by atoms with Crippen molar-refractivity contribution in [3.63, 3.8) is 0 Å². The Bertz CT molecular complexity index is 1140. The lowest BCUT2D eigenvalue weighted by Gasteiger charge is -2.20. The lowest BCUT2D eigenvalue weighted by Crippen LogP contribution is -2.27. The van der Waals surface area contributed by atoms with E-state index in [2.05, 4.69) is 10.3 Å². The van der Waals surface area contributed by atoms with Crippen molar-refractivity contribution in [2.45, 2.75) is 39.3 Å². The smallest absolute Gasteiger partial charge is 0.326 e. The molecule has 0 unspecified atom stereocenters. The van der Waals surface area contributed by atoms with Crippen LogP contribution in [-0.2, 0) is 16.1 Å². The maximum atomic E-state index is 13.7. The molecule has 6 nitrogen and oxygen atoms in total. The van der Waals surface area contributed by atoms with Crippen molar-refractivity contribution in [1.82, 2.24) is 9.55 Å². The highest BCUT2D eigenvalue weighted by atomic mass is 35.5. The van der Waals surface area contributed by atoms with E-state index < -0.39 is 36.3 Å². The Balaban J connectivity index is 2.01. The molecule has 0 aliphatic heterocycles. The molecular formula is C21H19Cl2F2N3O3. The molecule has 1 amide bonds. The predicted molar refractivity (Wildman–Crippen MR) is 115 cm³/mol. The number of para-hydroxylation sites is 1. The number of hydrogen-bond acceptors (Lipinski definition) is 4. The van der Waals surface area contributed by atoms with E-state index in [1.54, 1.807) is 32.9 Å². The highest BCUT2D eigenvalue weighted by Gasteiger charge is 2.25. The molecule has 2 aromatic carbocycles. The minimum Gasteiger partial charge on any atom is -0.459 e. The van der Waals surface area contributed by atoms with E-state index in [4.69, 9.17) is 27.9 Å². The Morgan fingerprint density at radius 1 is 1.13 bits per heavy atom. The summed E-state index contributed by atoms with van der Waals surface area (Å²) in [5.41, 5.74) is -0.221. The molecule has 0 aliphatic carbocycles. The monoisotopic (exact) mass is 469 g/mol. The van der Waals surface area contributed by atoms with Crippen molar-refractivity contribution in [3.8, 4) is 0 Å². The fourth-order valence-corrected chi connectivity index (χ4v) is 3.57. The number of carbonyl (C=O) groups is 2. The zero-order chi connectivity index (χ0) is 22.9. The van der Waals surface area contributed by atoms with Gasteiger partial charge in [-0.1, -0.05) is 35.3 Å². The predicted octanol–water partition coefficient (Wildman–Crippen LogP) is 5.87. The molecule has 1 heterocycles. The van der Waals surface area contributed by atoms with Crippen LogP contribution in [0.25, 0.3) is 11.0 Å². The van der Waals surface area contributed by atoms with Gasteiger partial charge in [0.15, 0.2) is 5.82 Å². The molecule has 10 heteroatoms. The summed E-state index contributed by atoms with van der Waals surface area (Å²) in [5.74, 6) is -1.92. The summed E-state index contributed by atoms with van der Waals surface area (Å²) >= 11 is 12.1. The topological polar surface area (TPSA) is 73.2 Å². The quantitative estimate of drug-likeness (QED) is 0.473. The van der Waals surface area contributed by atoms with E-state index in [1.807, 2.05) is 0 Å². The third-order valence-corrected chi connectivity index (χ3v) is 4.78. The first-order valence-corrected chi connectivity index (χ1v) is 9.98. The number of rotatable bonds is 5. The number of nitrogens with one attached hydrogen (secondary N) is 1. The van der Waals surface area contributed by atoms with E-state index in [0.717, 1.165) is 4.57 Å². The van der Waals surface area contributed by atoms with Crippen molar-refractivity contribution in [2.24, 2.45) is 0 Å². The van der Waals surface area contributed by atoms with Crippen molar-refractivity contribution >= 4 is 51.8 Å². The first-order chi connectivity index (χ1) is 14.5. The number of nitrogens with zero attached hydrogens (tertiary/aromatic N) is 2. The molecule has 1 aromatic heterocycles. The number of ether oxygens (including phenoxy) is 1. The SMILES string of the molecule is CC(C)(C)OC(=O)Cn1c(C(F)F)nc2c(NC(=O)c3c(Cl)cccc3Cl)cccc21. The fraction of sp³-hybridized carbons (Fsp3) is 0.286. The lowest BCUT2D eigenvalue weighted by molar-refractivity contribution is -0.155. The molecule has 0 radical (unpaired) electrons. The number of fused-ring (bicyclic) bond motifs is 1. The van der Waals surface area contributed by atoms with Crippen LogP contribution < -0.4 is 5.32 Å². The van der Waals surface area contributed by atoms with Gasteiger partial charge in [0, 0.05) is 0 Å². The number of benzene rings is 2. The van der Waals surface area contributed by atoms with Crippen LogP contribution in [0.4, 0.5) is 14.5 Å². The molecule has 0 bridgehead atoms. The van der Waals surface area contributed by atoms with Crippen LogP contribution in [-0.4, -0.2) is 27.0 Å². The number of aromatic nitrogens is 2. The number of esters is 1. The highest BCUT2D eigenvalue weighted by molar-refractivity contribution is 6.40. The average molecular weight is 470 g/mol. The first kappa shape index (κ1) is 23.0. The molecule has 31 heavy (non-hydrogen) atoms. The van der Waals surface area contributed by atoms with Gasteiger partial charge in [-0.3, -0.25) is 9.59 Å². The van der Waals surface area contributed by atoms with Crippen molar-refractivity contribution in [2.75, 3.05) is 5.32 Å². The van der Waals surface area contributed by atoms with Gasteiger partial charge in [-0.15, -0.1) is 0 Å². The van der Waals surface area contributed by atoms with Crippen LogP contribution in [0.5, 0.6) is 0 Å². The third-order valence-electron chi connectivity index (χ3n) is 4.15. The van der Waals surface area contributed by atoms with E-state index in [1.165, 1.54) is 24.3 Å². The Labute approximate surface area is 187 Å². The number of halogens is 4. The van der Waals surface area contributed by atoms with Crippen LogP contribution in [0.3, 0.4) is 0 Å². The zero-order valence-corrected chi connectivity index (χ0v) is 18.4. The van der Waals surface area contributed by atoms with E-state index in [-0.39, 0.29) is 32.3 Å². The van der Waals surface area contributed by atoms with Crippen LogP contribution in [0.1, 0.15) is 43.4 Å². The van der Waals surface area contributed by atoms with Gasteiger partial charge < -0.3 is 14.6 Å². The van der Waals surface area contributed by atoms with Crippen molar-refractivity contribution in [1.29, 1.82) is 0 Å². The second-order valence-corrected chi connectivity index (χ2v) is 8.48. The van der Waals surface area contributed by atoms with Gasteiger partial charge >= 0.3 is 5.97 Å². The minimum atomic E-state index is -2.95. The molecule has 164 valence electrons. The highest BCUT2D eigenvalue weighted by Crippen LogP contribution is 2.31. The standard InChI is InChI=1S/C21H19Cl2F2N3O3/c1-21(2,3)31-15(29)10-28-14-9-5-8-13(17(14)27-19(28)18(24)25)26-20(30)16-11(22)6-4-7-12(16)23/h4-9,18H,10H2,1-3H3,(H,26,30). The molecule has 0 saturated carbocycles. The van der Waals surface area contributed by atoms with E-state index >= 15 is 0 Å². The molecule has 0 atom stereocenters. The van der Waals surface area contributed by atoms with Gasteiger partial charge in [0.1, 0.15) is 17.7 Å². The molecule has 1 N–H and O–H groups in total. The van der Waals surface area contributed by atoms with E-state index in [0.29, 0.717) is 0 Å². The summed E-state index contributed by atoms with van der Waals surface area (Å²) in [5, 5.41) is 2.89. The van der Waals surface area contributed by atoms with Crippen molar-refractivity contribution < 1.29 is 23.1 Å². The normalized spacial score (nSPS) is 11.7. The second kappa shape index (κ2) is 8.80. The molecule has 3 aromatic rings. The Hall–Kier alpha value is -2.71. The van der Waals surface area contributed by atoms with Gasteiger partial charge in [-0.2, -0.15) is 0 Å². The summed E-state index contributed by atoms with van der Waals surface area (Å²) in [4.78, 5) is 29.0. The summed E-state index contributed by atoms with van der Waals surface area (Å²) in [6.07, 6.45) is -2.95. The zero-order valence-electron chi connectivity index (χ0n) is 16.9. The maximum Gasteiger partial charge on any atom is 0.326 e. The molecule has 0 aliphatic rings. The summed E-state index contributed by atoms with van der Waals surface area (Å²) in [6, 6.07) is 9.19. The largest absolute Gasteiger partial charge is 0.459 e. The molecule has 0 spiro atoms. The van der Waals surface area contributed by atoms with E-state index in [9.17, 15) is 18.4 Å². The van der Waals surface area contributed by atoms with Crippen LogP contribution in [0, 0.1) is 0 Å². The Morgan fingerprint density at radius 3 is 2.32 bits per heavy atom. The Kier molecular flexibility index (Phi) is 6.52. The van der Waals surface area contributed by atoms with Gasteiger partial charge in [0.05, 0.1) is 26.8 Å². The van der Waals surface area contributed by atoms with Gasteiger partial charge in [-0.05, 0) is 45.0 Å². The Morgan fingerprint density at radius 2 is 1.74 bits per heavy atom. The summed E-state index contributed by atoms with van der Waals surface area (Å²) < 4.78 is 33.6. The lowest BCUT2D eigenvalue weighted by atomic mass is 10.2. The first-order valence-electron chi connectivity index (χ1n) is 9.22. The maximum absolute atomic E-state index is 13.7. The number of carbonyl (C=O) groups excluding carboxylic acids is 2. The van der Waals surface area contributed by atoms with Gasteiger partial charge in [0.25, 0.3) is 12.3 Å². The molecule has 0 saturated heterocycles.